The van der Waals surface area contributed by atoms with Crippen molar-refractivity contribution in [2.75, 3.05) is 14.1 Å². The van der Waals surface area contributed by atoms with E-state index in [2.05, 4.69) is 13.8 Å². The molecule has 0 saturated heterocycles. The lowest BCUT2D eigenvalue weighted by Crippen LogP contribution is -2.39. The van der Waals surface area contributed by atoms with Crippen LogP contribution in [0.2, 0.25) is 0 Å². The summed E-state index contributed by atoms with van der Waals surface area (Å²) >= 11 is 0. The highest BCUT2D eigenvalue weighted by atomic mass is 16.5. The van der Waals surface area contributed by atoms with Gasteiger partial charge in [-0.1, -0.05) is 13.8 Å². The first kappa shape index (κ1) is 13.4. The van der Waals surface area contributed by atoms with Gasteiger partial charge in [-0.05, 0) is 40.3 Å². The molecule has 0 heterocycles. The van der Waals surface area contributed by atoms with Crippen LogP contribution in [0.1, 0.15) is 34.1 Å². The van der Waals surface area contributed by atoms with Gasteiger partial charge < -0.3 is 4.74 Å². The number of likely N-dealkylation sites (N-methyl/N-ethyl adjacent to an activating group) is 1. The van der Waals surface area contributed by atoms with E-state index in [1.165, 1.54) is 0 Å². The Balaban J connectivity index is 4.26. The maximum absolute atomic E-state index is 11.7. The summed E-state index contributed by atoms with van der Waals surface area (Å²) in [6.07, 6.45) is 0.815. The average Bonchev–Trinajstić information content (AvgIpc) is 1.97. The van der Waals surface area contributed by atoms with Crippen molar-refractivity contribution in [2.24, 2.45) is 5.92 Å². The lowest BCUT2D eigenvalue weighted by molar-refractivity contribution is -0.153. The molecular weight excluding hydrogens is 178 g/mol. The molecule has 0 N–H and O–H groups in total. The van der Waals surface area contributed by atoms with Gasteiger partial charge in [0, 0.05) is 0 Å². The van der Waals surface area contributed by atoms with E-state index in [-0.39, 0.29) is 18.1 Å². The van der Waals surface area contributed by atoms with Gasteiger partial charge in [-0.25, -0.2) is 0 Å². The molecule has 0 aromatic heterocycles. The molecule has 1 atom stereocenters. The smallest absolute Gasteiger partial charge is 0.323 e. The highest BCUT2D eigenvalue weighted by Gasteiger charge is 2.23. The molecule has 1 unspecified atom stereocenters. The zero-order valence-corrected chi connectivity index (χ0v) is 10.2. The Morgan fingerprint density at radius 3 is 2.00 bits per heavy atom. The number of rotatable bonds is 5. The number of hydrogen-bond donors (Lipinski definition) is 0. The van der Waals surface area contributed by atoms with E-state index < -0.39 is 0 Å². The van der Waals surface area contributed by atoms with Gasteiger partial charge in [-0.3, -0.25) is 9.69 Å². The number of carbonyl (C=O) groups excluding carboxylic acids is 1. The molecular formula is C11H23NO2. The molecule has 0 rings (SSSR count). The second kappa shape index (κ2) is 6.02. The van der Waals surface area contributed by atoms with Crippen LogP contribution in [0, 0.1) is 5.92 Å². The van der Waals surface area contributed by atoms with Crippen LogP contribution in [-0.2, 0) is 9.53 Å². The Labute approximate surface area is 87.4 Å². The summed E-state index contributed by atoms with van der Waals surface area (Å²) < 4.78 is 5.19. The lowest BCUT2D eigenvalue weighted by atomic mass is 10.0. The third-order valence-electron chi connectivity index (χ3n) is 1.94. The van der Waals surface area contributed by atoms with Crippen LogP contribution >= 0.6 is 0 Å². The van der Waals surface area contributed by atoms with Crippen molar-refractivity contribution < 1.29 is 9.53 Å². The van der Waals surface area contributed by atoms with Crippen molar-refractivity contribution in [1.82, 2.24) is 4.90 Å². The van der Waals surface area contributed by atoms with E-state index in [0.717, 1.165) is 6.42 Å². The van der Waals surface area contributed by atoms with Crippen LogP contribution in [0.15, 0.2) is 0 Å². The molecule has 14 heavy (non-hydrogen) atoms. The zero-order valence-electron chi connectivity index (χ0n) is 10.2. The molecule has 0 spiro atoms. The van der Waals surface area contributed by atoms with Gasteiger partial charge in [-0.15, -0.1) is 0 Å². The molecule has 3 nitrogen and oxygen atoms in total. The Kier molecular flexibility index (Phi) is 5.77. The Morgan fingerprint density at radius 1 is 1.21 bits per heavy atom. The third kappa shape index (κ3) is 5.22. The predicted octanol–water partition coefficient (Wildman–Crippen LogP) is 1.91. The van der Waals surface area contributed by atoms with E-state index >= 15 is 0 Å². The predicted molar refractivity (Wildman–Crippen MR) is 58.2 cm³/mol. The van der Waals surface area contributed by atoms with Gasteiger partial charge in [-0.2, -0.15) is 0 Å². The summed E-state index contributed by atoms with van der Waals surface area (Å²) in [7, 11) is 3.82. The van der Waals surface area contributed by atoms with Gasteiger partial charge in [0.25, 0.3) is 0 Å². The van der Waals surface area contributed by atoms with Crippen molar-refractivity contribution in [3.63, 3.8) is 0 Å². The monoisotopic (exact) mass is 201 g/mol. The summed E-state index contributed by atoms with van der Waals surface area (Å²) in [4.78, 5) is 13.6. The fourth-order valence-corrected chi connectivity index (χ4v) is 1.28. The Morgan fingerprint density at radius 2 is 1.71 bits per heavy atom. The van der Waals surface area contributed by atoms with Gasteiger partial charge in [0.15, 0.2) is 0 Å². The molecule has 0 aliphatic rings. The minimum atomic E-state index is -0.114. The highest BCUT2D eigenvalue weighted by Crippen LogP contribution is 2.11. The summed E-state index contributed by atoms with van der Waals surface area (Å²) in [6, 6.07) is -0.114. The standard InChI is InChI=1S/C11H23NO2/c1-8(2)7-10(12(5)6)11(13)14-9(3)4/h8-10H,7H2,1-6H3. The molecule has 84 valence electrons. The molecule has 0 bridgehead atoms. The van der Waals surface area contributed by atoms with E-state index in [4.69, 9.17) is 4.74 Å². The van der Waals surface area contributed by atoms with Crippen LogP contribution in [0.25, 0.3) is 0 Å². The van der Waals surface area contributed by atoms with Gasteiger partial charge >= 0.3 is 5.97 Å². The second-order valence-corrected chi connectivity index (χ2v) is 4.59. The highest BCUT2D eigenvalue weighted by molar-refractivity contribution is 5.75. The quantitative estimate of drug-likeness (QED) is 0.636. The molecule has 0 aromatic carbocycles. The average molecular weight is 201 g/mol. The fraction of sp³-hybridized carbons (Fsp3) is 0.909. The van der Waals surface area contributed by atoms with Crippen LogP contribution in [0.3, 0.4) is 0 Å². The normalized spacial score (nSPS) is 13.8. The largest absolute Gasteiger partial charge is 0.462 e. The van der Waals surface area contributed by atoms with Crippen molar-refractivity contribution in [3.05, 3.63) is 0 Å². The van der Waals surface area contributed by atoms with Gasteiger partial charge in [0.1, 0.15) is 6.04 Å². The summed E-state index contributed by atoms with van der Waals surface area (Å²) in [5, 5.41) is 0. The van der Waals surface area contributed by atoms with E-state index in [1.54, 1.807) is 0 Å². The lowest BCUT2D eigenvalue weighted by Gasteiger charge is -2.25. The van der Waals surface area contributed by atoms with E-state index in [9.17, 15) is 4.79 Å². The molecule has 0 aromatic rings. The van der Waals surface area contributed by atoms with E-state index in [0.29, 0.717) is 5.92 Å². The number of carbonyl (C=O) groups is 1. The molecule has 3 heteroatoms. The Bertz CT molecular complexity index is 176. The minimum Gasteiger partial charge on any atom is -0.462 e. The topological polar surface area (TPSA) is 29.5 Å². The number of hydrogen-bond acceptors (Lipinski definition) is 3. The maximum Gasteiger partial charge on any atom is 0.323 e. The van der Waals surface area contributed by atoms with Crippen LogP contribution in [0.4, 0.5) is 0 Å². The molecule has 0 aliphatic carbocycles. The summed E-state index contributed by atoms with van der Waals surface area (Å²) in [6.45, 7) is 7.97. The molecule has 0 radical (unpaired) electrons. The first-order valence-electron chi connectivity index (χ1n) is 5.21. The van der Waals surface area contributed by atoms with Crippen LogP contribution in [0.5, 0.6) is 0 Å². The van der Waals surface area contributed by atoms with Crippen molar-refractivity contribution >= 4 is 5.97 Å². The first-order chi connectivity index (χ1) is 6.34. The zero-order chi connectivity index (χ0) is 11.3. The number of ether oxygens (including phenoxy) is 1. The molecule has 0 fully saturated rings. The fourth-order valence-electron chi connectivity index (χ4n) is 1.28. The summed E-state index contributed by atoms with van der Waals surface area (Å²) in [5.74, 6) is 0.390. The summed E-state index contributed by atoms with van der Waals surface area (Å²) in [5.41, 5.74) is 0. The van der Waals surface area contributed by atoms with E-state index in [1.807, 2.05) is 32.8 Å². The molecule has 0 amide bonds. The Hall–Kier alpha value is -0.570. The van der Waals surface area contributed by atoms with Gasteiger partial charge in [0.05, 0.1) is 6.10 Å². The van der Waals surface area contributed by atoms with Gasteiger partial charge in [0.2, 0.25) is 0 Å². The maximum atomic E-state index is 11.7. The molecule has 0 saturated carbocycles. The van der Waals surface area contributed by atoms with Crippen LogP contribution < -0.4 is 0 Å². The SMILES string of the molecule is CC(C)CC(C(=O)OC(C)C)N(C)C. The van der Waals surface area contributed by atoms with Crippen molar-refractivity contribution in [3.8, 4) is 0 Å². The first-order valence-corrected chi connectivity index (χ1v) is 5.21. The number of nitrogens with zero attached hydrogens (tertiary/aromatic N) is 1. The molecule has 0 aliphatic heterocycles. The second-order valence-electron chi connectivity index (χ2n) is 4.59. The third-order valence-corrected chi connectivity index (χ3v) is 1.94. The van der Waals surface area contributed by atoms with Crippen molar-refractivity contribution in [1.29, 1.82) is 0 Å². The number of esters is 1. The van der Waals surface area contributed by atoms with Crippen LogP contribution in [-0.4, -0.2) is 37.1 Å². The van der Waals surface area contributed by atoms with Crippen molar-refractivity contribution in [2.45, 2.75) is 46.3 Å². The minimum absolute atomic E-state index is 0.0305.